The Labute approximate surface area is 134 Å². The van der Waals surface area contributed by atoms with Gasteiger partial charge in [-0.3, -0.25) is 14.2 Å². The molecule has 1 N–H and O–H groups in total. The number of aryl methyl sites for hydroxylation is 2. The number of aromatic nitrogens is 5. The summed E-state index contributed by atoms with van der Waals surface area (Å²) in [4.78, 5) is 16.1. The van der Waals surface area contributed by atoms with Crippen molar-refractivity contribution in [3.63, 3.8) is 0 Å². The number of carbonyl (C=O) groups is 1. The predicted octanol–water partition coefficient (Wildman–Crippen LogP) is 0.921. The van der Waals surface area contributed by atoms with Gasteiger partial charge in [-0.15, -0.1) is 0 Å². The van der Waals surface area contributed by atoms with Gasteiger partial charge in [0.25, 0.3) is 0 Å². The summed E-state index contributed by atoms with van der Waals surface area (Å²) in [5.74, 6) is 0.00360. The first-order valence-electron chi connectivity index (χ1n) is 8.02. The molecule has 2 atom stereocenters. The molecule has 0 unspecified atom stereocenters. The molecule has 8 nitrogen and oxygen atoms in total. The molecule has 0 aliphatic carbocycles. The third-order valence-electron chi connectivity index (χ3n) is 4.01. The van der Waals surface area contributed by atoms with Crippen LogP contribution in [0.4, 0.5) is 0 Å². The third kappa shape index (κ3) is 3.95. The van der Waals surface area contributed by atoms with Gasteiger partial charge in [-0.2, -0.15) is 10.2 Å². The first-order chi connectivity index (χ1) is 11.3. The molecule has 0 aromatic carbocycles. The number of ether oxygens (including phenoxy) is 1. The zero-order valence-electron chi connectivity index (χ0n) is 13.3. The maximum atomic E-state index is 12.2. The zero-order valence-corrected chi connectivity index (χ0v) is 13.3. The normalized spacial score (nSPS) is 21.3. The smallest absolute Gasteiger partial charge is 0.222 e. The van der Waals surface area contributed by atoms with Crippen LogP contribution in [0.3, 0.4) is 0 Å². The minimum absolute atomic E-state index is 0.00360. The lowest BCUT2D eigenvalue weighted by Crippen LogP contribution is -2.42. The second-order valence-electron chi connectivity index (χ2n) is 5.65. The van der Waals surface area contributed by atoms with Crippen molar-refractivity contribution in [1.29, 1.82) is 0 Å². The van der Waals surface area contributed by atoms with E-state index >= 15 is 0 Å². The second kappa shape index (κ2) is 7.36. The number of carbonyl (C=O) groups excluding carboxylic acids is 1. The second-order valence-corrected chi connectivity index (χ2v) is 5.65. The van der Waals surface area contributed by atoms with Crippen LogP contribution in [-0.2, 0) is 22.6 Å². The van der Waals surface area contributed by atoms with Crippen molar-refractivity contribution >= 4 is 5.91 Å². The summed E-state index contributed by atoms with van der Waals surface area (Å²) in [5, 5.41) is 11.4. The maximum Gasteiger partial charge on any atom is 0.222 e. The Morgan fingerprint density at radius 3 is 3.09 bits per heavy atom. The molecule has 0 saturated carbocycles. The van der Waals surface area contributed by atoms with Gasteiger partial charge in [-0.25, -0.2) is 4.98 Å². The van der Waals surface area contributed by atoms with E-state index < -0.39 is 0 Å². The minimum atomic E-state index is -0.126. The van der Waals surface area contributed by atoms with Crippen molar-refractivity contribution in [3.8, 4) is 0 Å². The van der Waals surface area contributed by atoms with Crippen molar-refractivity contribution < 1.29 is 9.53 Å². The van der Waals surface area contributed by atoms with Gasteiger partial charge in [0.1, 0.15) is 18.8 Å². The molecule has 1 aliphatic rings. The van der Waals surface area contributed by atoms with Crippen molar-refractivity contribution in [2.24, 2.45) is 0 Å². The van der Waals surface area contributed by atoms with Crippen LogP contribution in [0.2, 0.25) is 0 Å². The van der Waals surface area contributed by atoms with Crippen LogP contribution in [0, 0.1) is 0 Å². The number of nitrogens with one attached hydrogen (secondary N) is 1. The van der Waals surface area contributed by atoms with Crippen LogP contribution < -0.4 is 5.32 Å². The van der Waals surface area contributed by atoms with Gasteiger partial charge in [0.05, 0.1) is 18.8 Å². The summed E-state index contributed by atoms with van der Waals surface area (Å²) in [5.41, 5.74) is 1.02. The van der Waals surface area contributed by atoms with Crippen LogP contribution in [0.15, 0.2) is 25.0 Å². The van der Waals surface area contributed by atoms with E-state index in [1.807, 2.05) is 24.0 Å². The first-order valence-corrected chi connectivity index (χ1v) is 8.02. The van der Waals surface area contributed by atoms with Crippen LogP contribution in [0.5, 0.6) is 0 Å². The highest BCUT2D eigenvalue weighted by Gasteiger charge is 2.29. The molecule has 1 aliphatic heterocycles. The van der Waals surface area contributed by atoms with Gasteiger partial charge in [0.15, 0.2) is 0 Å². The fourth-order valence-electron chi connectivity index (χ4n) is 2.80. The van der Waals surface area contributed by atoms with Gasteiger partial charge in [0.2, 0.25) is 5.91 Å². The molecule has 1 amide bonds. The Hall–Kier alpha value is -2.22. The standard InChI is InChI=1S/C15H22N6O2/c1-2-20-9-12(8-17-20)15-13(4-3-7-23-15)19-14(22)5-6-21-11-16-10-18-21/h8-11,13,15H,2-7H2,1H3,(H,19,22)/t13-,15+/m0/s1. The molecular weight excluding hydrogens is 296 g/mol. The quantitative estimate of drug-likeness (QED) is 0.856. The Morgan fingerprint density at radius 2 is 2.35 bits per heavy atom. The van der Waals surface area contributed by atoms with Crippen LogP contribution >= 0.6 is 0 Å². The predicted molar refractivity (Wildman–Crippen MR) is 82.4 cm³/mol. The SMILES string of the molecule is CCn1cc([C@H]2OCCC[C@@H]2NC(=O)CCn2cncn2)cn1. The molecule has 2 aromatic heterocycles. The molecule has 0 radical (unpaired) electrons. The summed E-state index contributed by atoms with van der Waals surface area (Å²) in [6.45, 7) is 4.11. The lowest BCUT2D eigenvalue weighted by atomic mass is 9.98. The molecule has 1 saturated heterocycles. The zero-order chi connectivity index (χ0) is 16.1. The summed E-state index contributed by atoms with van der Waals surface area (Å²) in [7, 11) is 0. The van der Waals surface area contributed by atoms with Gasteiger partial charge in [-0.1, -0.05) is 0 Å². The topological polar surface area (TPSA) is 86.9 Å². The Morgan fingerprint density at radius 1 is 1.43 bits per heavy atom. The highest BCUT2D eigenvalue weighted by Crippen LogP contribution is 2.28. The van der Waals surface area contributed by atoms with Crippen molar-refractivity contribution in [1.82, 2.24) is 29.9 Å². The number of hydrogen-bond acceptors (Lipinski definition) is 5. The van der Waals surface area contributed by atoms with Gasteiger partial charge in [0, 0.05) is 31.3 Å². The Balaban J connectivity index is 1.58. The fraction of sp³-hybridized carbons (Fsp3) is 0.600. The maximum absolute atomic E-state index is 12.2. The number of hydrogen-bond donors (Lipinski definition) is 1. The van der Waals surface area contributed by atoms with E-state index in [2.05, 4.69) is 20.5 Å². The fourth-order valence-corrected chi connectivity index (χ4v) is 2.80. The summed E-state index contributed by atoms with van der Waals surface area (Å²) < 4.78 is 9.41. The van der Waals surface area contributed by atoms with Gasteiger partial charge in [-0.05, 0) is 19.8 Å². The van der Waals surface area contributed by atoms with Gasteiger partial charge < -0.3 is 10.1 Å². The lowest BCUT2D eigenvalue weighted by Gasteiger charge is -2.31. The number of rotatable bonds is 6. The average Bonchev–Trinajstić information content (AvgIpc) is 3.25. The molecule has 2 aromatic rings. The highest BCUT2D eigenvalue weighted by atomic mass is 16.5. The third-order valence-corrected chi connectivity index (χ3v) is 4.01. The van der Waals surface area contributed by atoms with E-state index in [1.165, 1.54) is 6.33 Å². The number of amides is 1. The molecule has 3 rings (SSSR count). The van der Waals surface area contributed by atoms with Gasteiger partial charge >= 0.3 is 0 Å². The van der Waals surface area contributed by atoms with Crippen molar-refractivity contribution in [2.45, 2.75) is 51.4 Å². The molecule has 1 fully saturated rings. The molecule has 0 spiro atoms. The van der Waals surface area contributed by atoms with E-state index in [-0.39, 0.29) is 18.1 Å². The van der Waals surface area contributed by atoms with Crippen molar-refractivity contribution in [3.05, 3.63) is 30.6 Å². The van der Waals surface area contributed by atoms with E-state index in [4.69, 9.17) is 4.74 Å². The largest absolute Gasteiger partial charge is 0.371 e. The minimum Gasteiger partial charge on any atom is -0.371 e. The Kier molecular flexibility index (Phi) is 5.02. The van der Waals surface area contributed by atoms with Crippen LogP contribution in [0.25, 0.3) is 0 Å². The van der Waals surface area contributed by atoms with Crippen molar-refractivity contribution in [2.75, 3.05) is 6.61 Å². The van der Waals surface area contributed by atoms with E-state index in [0.717, 1.165) is 24.9 Å². The molecule has 124 valence electrons. The lowest BCUT2D eigenvalue weighted by molar-refractivity contribution is -0.124. The monoisotopic (exact) mass is 318 g/mol. The molecule has 23 heavy (non-hydrogen) atoms. The highest BCUT2D eigenvalue weighted by molar-refractivity contribution is 5.76. The number of nitrogens with zero attached hydrogens (tertiary/aromatic N) is 5. The summed E-state index contributed by atoms with van der Waals surface area (Å²) in [6.07, 6.45) is 9.01. The van der Waals surface area contributed by atoms with Crippen LogP contribution in [0.1, 0.15) is 37.9 Å². The summed E-state index contributed by atoms with van der Waals surface area (Å²) in [6, 6.07) is -0.0125. The molecular formula is C15H22N6O2. The van der Waals surface area contributed by atoms with E-state index in [9.17, 15) is 4.79 Å². The first kappa shape index (κ1) is 15.7. The van der Waals surface area contributed by atoms with Crippen LogP contribution in [-0.4, -0.2) is 43.1 Å². The molecule has 8 heteroatoms. The molecule has 0 bridgehead atoms. The average molecular weight is 318 g/mol. The van der Waals surface area contributed by atoms with E-state index in [1.54, 1.807) is 11.0 Å². The van der Waals surface area contributed by atoms with E-state index in [0.29, 0.717) is 19.6 Å². The molecule has 3 heterocycles. The summed E-state index contributed by atoms with van der Waals surface area (Å²) >= 11 is 0. The Bertz CT molecular complexity index is 624.